The molecule has 1 aliphatic heterocycles. The van der Waals surface area contributed by atoms with Crippen LogP contribution in [0.15, 0.2) is 41.4 Å². The third-order valence-corrected chi connectivity index (χ3v) is 4.90. The van der Waals surface area contributed by atoms with Gasteiger partial charge in [0.1, 0.15) is 11.9 Å². The molecule has 2 aromatic rings. The van der Waals surface area contributed by atoms with Crippen LogP contribution in [0.2, 0.25) is 0 Å². The van der Waals surface area contributed by atoms with Gasteiger partial charge in [0.05, 0.1) is 11.3 Å². The number of nitriles is 1. The van der Waals surface area contributed by atoms with Crippen molar-refractivity contribution in [2.75, 3.05) is 0 Å². The zero-order valence-corrected chi connectivity index (χ0v) is 12.1. The molecule has 0 atom stereocenters. The Kier molecular flexibility index (Phi) is 2.87. The van der Waals surface area contributed by atoms with E-state index < -0.39 is 5.82 Å². The first-order valence-corrected chi connectivity index (χ1v) is 7.62. The Labute approximate surface area is 128 Å². The molecule has 0 bridgehead atoms. The zero-order chi connectivity index (χ0) is 15.2. The van der Waals surface area contributed by atoms with E-state index in [9.17, 15) is 4.39 Å². The Hall–Kier alpha value is -2.47. The van der Waals surface area contributed by atoms with Crippen molar-refractivity contribution in [3.8, 4) is 17.2 Å². The lowest BCUT2D eigenvalue weighted by Crippen LogP contribution is -2.20. The highest BCUT2D eigenvalue weighted by Crippen LogP contribution is 2.48. The van der Waals surface area contributed by atoms with Crippen molar-refractivity contribution in [1.82, 2.24) is 0 Å². The summed E-state index contributed by atoms with van der Waals surface area (Å²) in [5, 5.41) is 8.84. The van der Waals surface area contributed by atoms with Gasteiger partial charge in [0.15, 0.2) is 0 Å². The molecule has 0 unspecified atom stereocenters. The Morgan fingerprint density at radius 2 is 1.77 bits per heavy atom. The lowest BCUT2D eigenvalue weighted by molar-refractivity contribution is 0.623. The highest BCUT2D eigenvalue weighted by atomic mass is 19.1. The van der Waals surface area contributed by atoms with Crippen LogP contribution < -0.4 is 0 Å². The molecular formula is C19H15FN2. The lowest BCUT2D eigenvalue weighted by Gasteiger charge is -2.21. The van der Waals surface area contributed by atoms with Crippen molar-refractivity contribution in [3.63, 3.8) is 0 Å². The van der Waals surface area contributed by atoms with E-state index in [4.69, 9.17) is 5.26 Å². The standard InChI is InChI=1S/C19H15FN2/c20-17-10-14(3-4-15(17)11-21)13-5-6-18-16(9-13)19(12-22-18)7-1-2-8-19/h3-6,9-10,12H,1-2,7-8H2. The highest BCUT2D eigenvalue weighted by Gasteiger charge is 2.39. The first-order chi connectivity index (χ1) is 10.7. The molecule has 0 saturated heterocycles. The topological polar surface area (TPSA) is 36.1 Å². The number of fused-ring (bicyclic) bond motifs is 2. The Bertz CT molecular complexity index is 824. The van der Waals surface area contributed by atoms with E-state index in [1.165, 1.54) is 24.5 Å². The van der Waals surface area contributed by atoms with Crippen molar-refractivity contribution >= 4 is 11.9 Å². The van der Waals surface area contributed by atoms with Gasteiger partial charge in [0.25, 0.3) is 0 Å². The Balaban J connectivity index is 1.80. The molecule has 4 rings (SSSR count). The summed E-state index contributed by atoms with van der Waals surface area (Å²) in [4.78, 5) is 4.57. The molecule has 2 aliphatic rings. The number of halogens is 1. The second-order valence-corrected chi connectivity index (χ2v) is 6.16. The van der Waals surface area contributed by atoms with E-state index in [-0.39, 0.29) is 11.0 Å². The van der Waals surface area contributed by atoms with Crippen LogP contribution in [0.1, 0.15) is 36.8 Å². The molecule has 0 aromatic heterocycles. The van der Waals surface area contributed by atoms with Crippen LogP contribution in [0.4, 0.5) is 10.1 Å². The number of hydrogen-bond donors (Lipinski definition) is 0. The SMILES string of the molecule is N#Cc1ccc(-c2ccc3c(c2)C2(C=N3)CCCC2)cc1F. The second-order valence-electron chi connectivity index (χ2n) is 6.16. The van der Waals surface area contributed by atoms with Gasteiger partial charge in [-0.25, -0.2) is 4.39 Å². The number of nitrogens with zero attached hydrogens (tertiary/aromatic N) is 2. The van der Waals surface area contributed by atoms with Gasteiger partial charge in [-0.1, -0.05) is 25.0 Å². The van der Waals surface area contributed by atoms with Crippen molar-refractivity contribution in [2.24, 2.45) is 4.99 Å². The second kappa shape index (κ2) is 4.78. The van der Waals surface area contributed by atoms with Crippen molar-refractivity contribution in [2.45, 2.75) is 31.1 Å². The van der Waals surface area contributed by atoms with E-state index in [0.717, 1.165) is 29.7 Å². The predicted molar refractivity (Wildman–Crippen MR) is 84.8 cm³/mol. The van der Waals surface area contributed by atoms with Crippen LogP contribution >= 0.6 is 0 Å². The van der Waals surface area contributed by atoms with Gasteiger partial charge in [-0.3, -0.25) is 4.99 Å². The van der Waals surface area contributed by atoms with Crippen molar-refractivity contribution in [1.29, 1.82) is 5.26 Å². The summed E-state index contributed by atoms with van der Waals surface area (Å²) in [7, 11) is 0. The zero-order valence-electron chi connectivity index (χ0n) is 12.1. The van der Waals surface area contributed by atoms with Crippen LogP contribution in [-0.4, -0.2) is 6.21 Å². The largest absolute Gasteiger partial charge is 0.260 e. The fourth-order valence-corrected chi connectivity index (χ4v) is 3.68. The molecule has 1 aliphatic carbocycles. The molecular weight excluding hydrogens is 275 g/mol. The van der Waals surface area contributed by atoms with Crippen LogP contribution in [0, 0.1) is 17.1 Å². The maximum absolute atomic E-state index is 13.9. The molecule has 1 heterocycles. The van der Waals surface area contributed by atoms with Gasteiger partial charge in [0.2, 0.25) is 0 Å². The fraction of sp³-hybridized carbons (Fsp3) is 0.263. The monoisotopic (exact) mass is 290 g/mol. The molecule has 0 N–H and O–H groups in total. The predicted octanol–water partition coefficient (Wildman–Crippen LogP) is 4.89. The molecule has 108 valence electrons. The van der Waals surface area contributed by atoms with Gasteiger partial charge in [-0.15, -0.1) is 0 Å². The first-order valence-electron chi connectivity index (χ1n) is 7.62. The normalized spacial score (nSPS) is 17.6. The average molecular weight is 290 g/mol. The quantitative estimate of drug-likeness (QED) is 0.736. The van der Waals surface area contributed by atoms with E-state index in [0.29, 0.717) is 0 Å². The molecule has 0 radical (unpaired) electrons. The molecule has 0 amide bonds. The number of benzene rings is 2. The summed E-state index contributed by atoms with van der Waals surface area (Å²) < 4.78 is 13.9. The summed E-state index contributed by atoms with van der Waals surface area (Å²) in [5.41, 5.74) is 4.28. The van der Waals surface area contributed by atoms with Crippen LogP contribution in [-0.2, 0) is 5.41 Å². The van der Waals surface area contributed by atoms with E-state index >= 15 is 0 Å². The number of aliphatic imine (C=N–C) groups is 1. The Morgan fingerprint density at radius 1 is 1.05 bits per heavy atom. The van der Waals surface area contributed by atoms with E-state index in [1.54, 1.807) is 12.1 Å². The van der Waals surface area contributed by atoms with Gasteiger partial charge >= 0.3 is 0 Å². The highest BCUT2D eigenvalue weighted by molar-refractivity contribution is 5.87. The number of hydrogen-bond acceptors (Lipinski definition) is 2. The first kappa shape index (κ1) is 13.2. The molecule has 1 spiro atoms. The number of rotatable bonds is 1. The van der Waals surface area contributed by atoms with Crippen LogP contribution in [0.25, 0.3) is 11.1 Å². The Morgan fingerprint density at radius 3 is 2.50 bits per heavy atom. The van der Waals surface area contributed by atoms with Crippen molar-refractivity contribution in [3.05, 3.63) is 53.3 Å². The van der Waals surface area contributed by atoms with Gasteiger partial charge < -0.3 is 0 Å². The average Bonchev–Trinajstić information content (AvgIpc) is 3.16. The smallest absolute Gasteiger partial charge is 0.141 e. The molecule has 22 heavy (non-hydrogen) atoms. The van der Waals surface area contributed by atoms with E-state index in [2.05, 4.69) is 17.3 Å². The summed E-state index contributed by atoms with van der Waals surface area (Å²) in [6.07, 6.45) is 6.87. The van der Waals surface area contributed by atoms with Gasteiger partial charge in [0, 0.05) is 11.6 Å². The molecule has 1 saturated carbocycles. The minimum Gasteiger partial charge on any atom is -0.260 e. The lowest BCUT2D eigenvalue weighted by atomic mass is 9.80. The van der Waals surface area contributed by atoms with Gasteiger partial charge in [-0.05, 0) is 53.8 Å². The maximum Gasteiger partial charge on any atom is 0.141 e. The van der Waals surface area contributed by atoms with Crippen molar-refractivity contribution < 1.29 is 4.39 Å². The van der Waals surface area contributed by atoms with Crippen LogP contribution in [0.3, 0.4) is 0 Å². The molecule has 3 heteroatoms. The maximum atomic E-state index is 13.9. The fourth-order valence-electron chi connectivity index (χ4n) is 3.68. The third-order valence-electron chi connectivity index (χ3n) is 4.90. The summed E-state index contributed by atoms with van der Waals surface area (Å²) in [6.45, 7) is 0. The van der Waals surface area contributed by atoms with E-state index in [1.807, 2.05) is 18.2 Å². The molecule has 1 fully saturated rings. The molecule has 2 aromatic carbocycles. The minimum atomic E-state index is -0.465. The minimum absolute atomic E-state index is 0.0838. The summed E-state index contributed by atoms with van der Waals surface area (Å²) in [6, 6.07) is 12.8. The molecule has 2 nitrogen and oxygen atoms in total. The van der Waals surface area contributed by atoms with Gasteiger partial charge in [-0.2, -0.15) is 5.26 Å². The third kappa shape index (κ3) is 1.88. The summed E-state index contributed by atoms with van der Waals surface area (Å²) in [5.74, 6) is -0.465. The van der Waals surface area contributed by atoms with Crippen LogP contribution in [0.5, 0.6) is 0 Å². The summed E-state index contributed by atoms with van der Waals surface area (Å²) >= 11 is 0.